The molecule has 0 radical (unpaired) electrons. The summed E-state index contributed by atoms with van der Waals surface area (Å²) in [6, 6.07) is 0. The highest BCUT2D eigenvalue weighted by atomic mass is 28.4. The van der Waals surface area contributed by atoms with Crippen LogP contribution in [0.5, 0.6) is 0 Å². The van der Waals surface area contributed by atoms with Crippen molar-refractivity contribution in [2.75, 3.05) is 0 Å². The summed E-state index contributed by atoms with van der Waals surface area (Å²) in [5.74, 6) is -3.23. The Kier molecular flexibility index (Phi) is 2.01. The van der Waals surface area contributed by atoms with E-state index in [4.69, 9.17) is 9.16 Å². The molecule has 3 aliphatic heterocycles. The number of ether oxygens (including phenoxy) is 2. The van der Waals surface area contributed by atoms with Crippen molar-refractivity contribution in [2.45, 2.75) is 31.5 Å². The Morgan fingerprint density at radius 2 is 2.00 bits per heavy atom. The molecule has 0 aromatic carbocycles. The SMILES string of the molecule is C[Si](C)(C)O[C@@]12C=C[C@@H](O1)[C@H]1C(=O)OC(=O)[C@H]12. The minimum absolute atomic E-state index is 0.379. The number of fused-ring (bicyclic) bond motifs is 5. The van der Waals surface area contributed by atoms with Gasteiger partial charge in [-0.2, -0.15) is 0 Å². The van der Waals surface area contributed by atoms with E-state index in [2.05, 4.69) is 4.74 Å². The Balaban J connectivity index is 1.99. The van der Waals surface area contributed by atoms with Crippen LogP contribution >= 0.6 is 0 Å². The molecule has 3 rings (SSSR count). The number of cyclic esters (lactones) is 2. The van der Waals surface area contributed by atoms with Gasteiger partial charge in [0.1, 0.15) is 11.8 Å². The van der Waals surface area contributed by atoms with Crippen molar-refractivity contribution < 1.29 is 23.5 Å². The molecule has 2 fully saturated rings. The molecule has 0 aromatic heterocycles. The molecule has 3 heterocycles. The summed E-state index contributed by atoms with van der Waals surface area (Å²) in [7, 11) is -1.90. The lowest BCUT2D eigenvalue weighted by Crippen LogP contribution is -2.47. The van der Waals surface area contributed by atoms with Gasteiger partial charge in [-0.25, -0.2) is 0 Å². The van der Waals surface area contributed by atoms with Gasteiger partial charge in [0.15, 0.2) is 14.1 Å². The molecule has 5 nitrogen and oxygen atoms in total. The summed E-state index contributed by atoms with van der Waals surface area (Å²) in [6.07, 6.45) is 3.17. The molecule has 2 saturated heterocycles. The molecule has 2 bridgehead atoms. The Labute approximate surface area is 99.8 Å². The first kappa shape index (κ1) is 11.1. The molecule has 0 N–H and O–H groups in total. The predicted octanol–water partition coefficient (Wildman–Crippen LogP) is 0.819. The van der Waals surface area contributed by atoms with Gasteiger partial charge >= 0.3 is 11.9 Å². The van der Waals surface area contributed by atoms with Crippen LogP contribution < -0.4 is 0 Å². The van der Waals surface area contributed by atoms with Crippen LogP contribution in [0.3, 0.4) is 0 Å². The third kappa shape index (κ3) is 1.44. The summed E-state index contributed by atoms with van der Waals surface area (Å²) < 4.78 is 16.4. The number of esters is 2. The molecule has 3 aliphatic rings. The average Bonchev–Trinajstić information content (AvgIpc) is 2.75. The summed E-state index contributed by atoms with van der Waals surface area (Å²) in [5, 5.41) is 0. The molecule has 6 heteroatoms. The fraction of sp³-hybridized carbons (Fsp3) is 0.636. The van der Waals surface area contributed by atoms with E-state index in [1.807, 2.05) is 19.6 Å². The second kappa shape index (κ2) is 3.07. The lowest BCUT2D eigenvalue weighted by molar-refractivity contribution is -0.173. The van der Waals surface area contributed by atoms with Crippen molar-refractivity contribution in [1.29, 1.82) is 0 Å². The Hall–Kier alpha value is -0.983. The van der Waals surface area contributed by atoms with Crippen molar-refractivity contribution in [2.24, 2.45) is 11.8 Å². The molecule has 17 heavy (non-hydrogen) atoms. The topological polar surface area (TPSA) is 61.8 Å². The highest BCUT2D eigenvalue weighted by molar-refractivity contribution is 6.69. The number of rotatable bonds is 2. The maximum Gasteiger partial charge on any atom is 0.323 e. The molecule has 0 aliphatic carbocycles. The van der Waals surface area contributed by atoms with Crippen LogP contribution in [0.2, 0.25) is 19.6 Å². The van der Waals surface area contributed by atoms with Gasteiger partial charge in [0.25, 0.3) is 0 Å². The molecule has 0 unspecified atom stereocenters. The zero-order valence-corrected chi connectivity index (χ0v) is 10.9. The maximum absolute atomic E-state index is 11.7. The van der Waals surface area contributed by atoms with Crippen molar-refractivity contribution >= 4 is 20.3 Å². The van der Waals surface area contributed by atoms with E-state index in [-0.39, 0.29) is 6.10 Å². The van der Waals surface area contributed by atoms with Crippen LogP contribution in [0, 0.1) is 11.8 Å². The smallest absolute Gasteiger partial charge is 0.323 e. The molecular weight excluding hydrogens is 240 g/mol. The second-order valence-electron chi connectivity index (χ2n) is 5.62. The van der Waals surface area contributed by atoms with E-state index >= 15 is 0 Å². The second-order valence-corrected chi connectivity index (χ2v) is 10.0. The molecular formula is C11H14O5Si. The Morgan fingerprint density at radius 1 is 1.29 bits per heavy atom. The number of hydrogen-bond donors (Lipinski definition) is 0. The van der Waals surface area contributed by atoms with E-state index in [1.54, 1.807) is 12.2 Å². The summed E-state index contributed by atoms with van der Waals surface area (Å²) in [6.45, 7) is 6.05. The number of carbonyl (C=O) groups excluding carboxylic acids is 2. The first-order chi connectivity index (χ1) is 7.82. The average molecular weight is 254 g/mol. The summed E-state index contributed by atoms with van der Waals surface area (Å²) in [5.41, 5.74) is 0. The van der Waals surface area contributed by atoms with Crippen LogP contribution in [0.1, 0.15) is 0 Å². The molecule has 0 spiro atoms. The standard InChI is InChI=1S/C11H14O5Si/c1-17(2,3)16-11-5-4-6(15-11)7-8(11)10(13)14-9(7)12/h4-8H,1-3H3/t6-,7-,8+,11-/m1/s1. The van der Waals surface area contributed by atoms with Crippen molar-refractivity contribution in [3.8, 4) is 0 Å². The van der Waals surface area contributed by atoms with Gasteiger partial charge in [0, 0.05) is 0 Å². The maximum atomic E-state index is 11.7. The first-order valence-electron chi connectivity index (χ1n) is 5.65. The molecule has 4 atom stereocenters. The van der Waals surface area contributed by atoms with E-state index in [9.17, 15) is 9.59 Å². The van der Waals surface area contributed by atoms with Crippen LogP contribution in [0.25, 0.3) is 0 Å². The fourth-order valence-corrected chi connectivity index (χ4v) is 3.94. The van der Waals surface area contributed by atoms with Crippen LogP contribution in [0.15, 0.2) is 12.2 Å². The summed E-state index contributed by atoms with van der Waals surface area (Å²) >= 11 is 0. The van der Waals surface area contributed by atoms with E-state index in [0.717, 1.165) is 0 Å². The fourth-order valence-electron chi connectivity index (χ4n) is 2.74. The molecule has 0 amide bonds. The van der Waals surface area contributed by atoms with Crippen molar-refractivity contribution in [1.82, 2.24) is 0 Å². The van der Waals surface area contributed by atoms with Crippen LogP contribution in [0.4, 0.5) is 0 Å². The zero-order valence-electron chi connectivity index (χ0n) is 9.93. The number of carbonyl (C=O) groups is 2. The van der Waals surface area contributed by atoms with Crippen LogP contribution in [-0.2, 0) is 23.5 Å². The zero-order chi connectivity index (χ0) is 12.4. The highest BCUT2D eigenvalue weighted by Gasteiger charge is 2.68. The van der Waals surface area contributed by atoms with Gasteiger partial charge in [-0.1, -0.05) is 6.08 Å². The van der Waals surface area contributed by atoms with E-state index in [1.165, 1.54) is 0 Å². The van der Waals surface area contributed by atoms with E-state index in [0.29, 0.717) is 0 Å². The highest BCUT2D eigenvalue weighted by Crippen LogP contribution is 2.52. The minimum Gasteiger partial charge on any atom is -0.392 e. The van der Waals surface area contributed by atoms with Crippen molar-refractivity contribution in [3.63, 3.8) is 0 Å². The normalized spacial score (nSPS) is 43.1. The molecule has 0 aromatic rings. The quantitative estimate of drug-likeness (QED) is 0.316. The van der Waals surface area contributed by atoms with Crippen LogP contribution in [-0.4, -0.2) is 32.1 Å². The summed E-state index contributed by atoms with van der Waals surface area (Å²) in [4.78, 5) is 23.3. The van der Waals surface area contributed by atoms with Gasteiger partial charge in [-0.15, -0.1) is 0 Å². The Bertz CT molecular complexity index is 438. The largest absolute Gasteiger partial charge is 0.392 e. The molecule has 0 saturated carbocycles. The third-order valence-electron chi connectivity index (χ3n) is 3.18. The van der Waals surface area contributed by atoms with Gasteiger partial charge in [-0.3, -0.25) is 9.59 Å². The predicted molar refractivity (Wildman–Crippen MR) is 59.3 cm³/mol. The van der Waals surface area contributed by atoms with Gasteiger partial charge in [0.05, 0.1) is 6.10 Å². The lowest BCUT2D eigenvalue weighted by Gasteiger charge is -2.33. The first-order valence-corrected chi connectivity index (χ1v) is 9.06. The van der Waals surface area contributed by atoms with E-state index < -0.39 is 37.9 Å². The lowest BCUT2D eigenvalue weighted by atomic mass is 9.83. The number of hydrogen-bond acceptors (Lipinski definition) is 5. The molecule has 92 valence electrons. The van der Waals surface area contributed by atoms with Gasteiger partial charge < -0.3 is 13.9 Å². The van der Waals surface area contributed by atoms with Gasteiger partial charge in [-0.05, 0) is 25.7 Å². The third-order valence-corrected chi connectivity index (χ3v) is 4.11. The van der Waals surface area contributed by atoms with Crippen molar-refractivity contribution in [3.05, 3.63) is 12.2 Å². The minimum atomic E-state index is -1.90. The Morgan fingerprint density at radius 3 is 2.65 bits per heavy atom. The monoisotopic (exact) mass is 254 g/mol. The van der Waals surface area contributed by atoms with Gasteiger partial charge in [0.2, 0.25) is 0 Å².